The molecule has 1 N–H and O–H groups in total. The van der Waals surface area contributed by atoms with Crippen LogP contribution in [0.15, 0.2) is 53.5 Å². The van der Waals surface area contributed by atoms with Crippen LogP contribution in [0.4, 0.5) is 4.79 Å². The van der Waals surface area contributed by atoms with Crippen LogP contribution in [0.2, 0.25) is 0 Å². The van der Waals surface area contributed by atoms with E-state index in [1.54, 1.807) is 43.9 Å². The maximum atomic E-state index is 11.8. The number of oxazole rings is 1. The van der Waals surface area contributed by atoms with Crippen molar-refractivity contribution in [2.75, 3.05) is 13.7 Å². The van der Waals surface area contributed by atoms with Gasteiger partial charge in [-0.05, 0) is 30.7 Å². The summed E-state index contributed by atoms with van der Waals surface area (Å²) >= 11 is 0. The summed E-state index contributed by atoms with van der Waals surface area (Å²) < 4.78 is 16.1. The van der Waals surface area contributed by atoms with Gasteiger partial charge in [-0.25, -0.2) is 9.78 Å². The Hall–Kier alpha value is -3.35. The van der Waals surface area contributed by atoms with Crippen molar-refractivity contribution < 1.29 is 18.7 Å². The lowest BCUT2D eigenvalue weighted by molar-refractivity contribution is 0.200. The molecule has 0 saturated carbocycles. The molecule has 26 heavy (non-hydrogen) atoms. The van der Waals surface area contributed by atoms with Crippen molar-refractivity contribution in [3.63, 3.8) is 0 Å². The average molecular weight is 353 g/mol. The molecule has 0 bridgehead atoms. The summed E-state index contributed by atoms with van der Waals surface area (Å²) in [7, 11) is 1.58. The van der Waals surface area contributed by atoms with Crippen molar-refractivity contribution >= 4 is 6.09 Å². The Morgan fingerprint density at radius 1 is 1.23 bits per heavy atom. The largest absolute Gasteiger partial charge is 0.496 e. The molecular weight excluding hydrogens is 334 g/mol. The highest BCUT2D eigenvalue weighted by molar-refractivity contribution is 5.76. The van der Waals surface area contributed by atoms with Crippen LogP contribution in [0.5, 0.6) is 11.5 Å². The number of nitrogens with one attached hydrogen (secondary N) is 1. The van der Waals surface area contributed by atoms with Crippen molar-refractivity contribution in [2.24, 2.45) is 0 Å². The molecule has 0 spiro atoms. The fourth-order valence-corrected chi connectivity index (χ4v) is 2.42. The first kappa shape index (κ1) is 17.5. The number of hydrogen-bond acceptors (Lipinski definition) is 6. The van der Waals surface area contributed by atoms with Crippen LogP contribution in [0, 0.1) is 0 Å². The number of ether oxygens (including phenoxy) is 2. The van der Waals surface area contributed by atoms with Crippen LogP contribution < -0.4 is 14.8 Å². The Morgan fingerprint density at radius 2 is 2.08 bits per heavy atom. The third kappa shape index (κ3) is 4.00. The summed E-state index contributed by atoms with van der Waals surface area (Å²) in [4.78, 5) is 20.2. The molecule has 0 aliphatic carbocycles. The third-order valence-corrected chi connectivity index (χ3v) is 3.63. The number of pyridine rings is 1. The smallest absolute Gasteiger partial charge is 0.412 e. The molecule has 2 aromatic heterocycles. The molecule has 3 rings (SSSR count). The van der Waals surface area contributed by atoms with Crippen LogP contribution in [0.25, 0.3) is 22.6 Å². The molecule has 3 aromatic rings. The molecule has 2 heterocycles. The highest BCUT2D eigenvalue weighted by atomic mass is 16.6. The van der Waals surface area contributed by atoms with Gasteiger partial charge >= 0.3 is 6.09 Å². The molecule has 0 aliphatic heterocycles. The number of carbonyl (C=O) groups is 1. The Morgan fingerprint density at radius 3 is 2.81 bits per heavy atom. The summed E-state index contributed by atoms with van der Waals surface area (Å²) in [6.07, 6.45) is 6.79. The van der Waals surface area contributed by atoms with Crippen LogP contribution in [-0.2, 0) is 0 Å². The van der Waals surface area contributed by atoms with E-state index in [0.717, 1.165) is 23.1 Å². The maximum Gasteiger partial charge on any atom is 0.412 e. The SMILES string of the molecule is CCCNC(=O)Oc1ccc(OC)c(-c2cncc(-c3ncco3)c2)c1. The maximum absolute atomic E-state index is 11.8. The fraction of sp³-hybridized carbons (Fsp3) is 0.211. The molecule has 1 aromatic carbocycles. The highest BCUT2D eigenvalue weighted by Gasteiger charge is 2.12. The van der Waals surface area contributed by atoms with Crippen LogP contribution in [0.1, 0.15) is 13.3 Å². The lowest BCUT2D eigenvalue weighted by Crippen LogP contribution is -2.27. The van der Waals surface area contributed by atoms with Crippen LogP contribution >= 0.6 is 0 Å². The van der Waals surface area contributed by atoms with E-state index in [1.807, 2.05) is 13.0 Å². The van der Waals surface area contributed by atoms with E-state index in [9.17, 15) is 4.79 Å². The normalized spacial score (nSPS) is 10.4. The van der Waals surface area contributed by atoms with Crippen molar-refractivity contribution in [3.05, 3.63) is 49.1 Å². The first-order valence-electron chi connectivity index (χ1n) is 8.20. The number of rotatable bonds is 6. The molecular formula is C19H19N3O4. The number of amides is 1. The molecule has 0 fully saturated rings. The molecule has 0 atom stereocenters. The van der Waals surface area contributed by atoms with Crippen molar-refractivity contribution in [3.8, 4) is 34.1 Å². The average Bonchev–Trinajstić information content (AvgIpc) is 3.21. The summed E-state index contributed by atoms with van der Waals surface area (Å²) in [6.45, 7) is 2.53. The van der Waals surface area contributed by atoms with E-state index in [1.165, 1.54) is 6.26 Å². The minimum Gasteiger partial charge on any atom is -0.496 e. The van der Waals surface area contributed by atoms with Gasteiger partial charge < -0.3 is 19.2 Å². The zero-order valence-electron chi connectivity index (χ0n) is 14.6. The Kier molecular flexibility index (Phi) is 5.48. The van der Waals surface area contributed by atoms with Gasteiger partial charge in [0, 0.05) is 30.1 Å². The monoisotopic (exact) mass is 353 g/mol. The highest BCUT2D eigenvalue weighted by Crippen LogP contribution is 2.34. The predicted octanol–water partition coefficient (Wildman–Crippen LogP) is 3.91. The first-order chi connectivity index (χ1) is 12.7. The zero-order valence-corrected chi connectivity index (χ0v) is 14.6. The topological polar surface area (TPSA) is 86.5 Å². The fourth-order valence-electron chi connectivity index (χ4n) is 2.42. The first-order valence-corrected chi connectivity index (χ1v) is 8.20. The number of hydrogen-bond donors (Lipinski definition) is 1. The van der Waals surface area contributed by atoms with E-state index >= 15 is 0 Å². The quantitative estimate of drug-likeness (QED) is 0.723. The Labute approximate surface area is 151 Å². The number of methoxy groups -OCH3 is 1. The number of benzene rings is 1. The van der Waals surface area contributed by atoms with E-state index < -0.39 is 6.09 Å². The van der Waals surface area contributed by atoms with E-state index in [2.05, 4.69) is 15.3 Å². The van der Waals surface area contributed by atoms with Gasteiger partial charge in [0.2, 0.25) is 5.89 Å². The second-order valence-corrected chi connectivity index (χ2v) is 5.48. The molecule has 0 unspecified atom stereocenters. The standard InChI is InChI=1S/C19H19N3O4/c1-3-6-22-19(23)26-15-4-5-17(24-2)16(10-15)13-9-14(12-20-11-13)18-21-7-8-25-18/h4-5,7-12H,3,6H2,1-2H3,(H,22,23). The Bertz CT molecular complexity index is 878. The second kappa shape index (κ2) is 8.15. The summed E-state index contributed by atoms with van der Waals surface area (Å²) in [5.74, 6) is 1.53. The molecule has 0 aliphatic rings. The summed E-state index contributed by atoms with van der Waals surface area (Å²) in [5, 5.41) is 2.67. The van der Waals surface area contributed by atoms with Crippen molar-refractivity contribution in [1.82, 2.24) is 15.3 Å². The molecule has 0 saturated heterocycles. The molecule has 134 valence electrons. The predicted molar refractivity (Wildman–Crippen MR) is 96.0 cm³/mol. The third-order valence-electron chi connectivity index (χ3n) is 3.63. The minimum atomic E-state index is -0.491. The lowest BCUT2D eigenvalue weighted by Gasteiger charge is -2.12. The lowest BCUT2D eigenvalue weighted by atomic mass is 10.0. The van der Waals surface area contributed by atoms with Gasteiger partial charge in [0.05, 0.1) is 18.9 Å². The number of nitrogens with zero attached hydrogens (tertiary/aromatic N) is 2. The molecule has 1 amide bonds. The zero-order chi connectivity index (χ0) is 18.4. The molecule has 7 nitrogen and oxygen atoms in total. The van der Waals surface area contributed by atoms with Crippen molar-refractivity contribution in [1.29, 1.82) is 0 Å². The summed E-state index contributed by atoms with van der Waals surface area (Å²) in [5.41, 5.74) is 2.27. The van der Waals surface area contributed by atoms with Crippen LogP contribution in [0.3, 0.4) is 0 Å². The Balaban J connectivity index is 1.92. The number of carbonyl (C=O) groups excluding carboxylic acids is 1. The molecule has 7 heteroatoms. The minimum absolute atomic E-state index is 0.413. The number of aromatic nitrogens is 2. The van der Waals surface area contributed by atoms with E-state index in [-0.39, 0.29) is 0 Å². The van der Waals surface area contributed by atoms with Gasteiger partial charge in [-0.3, -0.25) is 4.98 Å². The second-order valence-electron chi connectivity index (χ2n) is 5.48. The van der Waals surface area contributed by atoms with Gasteiger partial charge in [0.1, 0.15) is 17.8 Å². The van der Waals surface area contributed by atoms with E-state index in [0.29, 0.717) is 23.9 Å². The van der Waals surface area contributed by atoms with Gasteiger partial charge in [0.15, 0.2) is 0 Å². The van der Waals surface area contributed by atoms with E-state index in [4.69, 9.17) is 13.9 Å². The molecule has 0 radical (unpaired) electrons. The van der Waals surface area contributed by atoms with Gasteiger partial charge in [-0.1, -0.05) is 6.92 Å². The van der Waals surface area contributed by atoms with Crippen molar-refractivity contribution in [2.45, 2.75) is 13.3 Å². The van der Waals surface area contributed by atoms with Gasteiger partial charge in [-0.2, -0.15) is 0 Å². The van der Waals surface area contributed by atoms with Gasteiger partial charge in [0.25, 0.3) is 0 Å². The van der Waals surface area contributed by atoms with Gasteiger partial charge in [-0.15, -0.1) is 0 Å². The summed E-state index contributed by atoms with van der Waals surface area (Å²) in [6, 6.07) is 7.05. The van der Waals surface area contributed by atoms with Crippen LogP contribution in [-0.4, -0.2) is 29.7 Å².